The minimum atomic E-state index is -0.780. The lowest BCUT2D eigenvalue weighted by Gasteiger charge is -2.24. The normalized spacial score (nSPS) is 10.9. The lowest BCUT2D eigenvalue weighted by atomic mass is 10.2. The molecule has 2 aromatic rings. The van der Waals surface area contributed by atoms with E-state index in [0.29, 0.717) is 13.0 Å². The number of nitrogens with one attached hydrogen (secondary N) is 1. The average molecular weight is 430 g/mol. The van der Waals surface area contributed by atoms with Crippen molar-refractivity contribution >= 4 is 40.6 Å². The molecule has 0 atom stereocenters. The average Bonchev–Trinajstić information content (AvgIpc) is 2.63. The lowest BCUT2D eigenvalue weighted by Crippen LogP contribution is -2.42. The van der Waals surface area contributed by atoms with Gasteiger partial charge in [-0.15, -0.1) is 0 Å². The molecule has 2 heterocycles. The Kier molecular flexibility index (Phi) is 7.61. The maximum atomic E-state index is 13.1. The summed E-state index contributed by atoms with van der Waals surface area (Å²) >= 11 is 11.8. The molecule has 0 aliphatic heterocycles. The topological polar surface area (TPSA) is 123 Å². The van der Waals surface area contributed by atoms with Gasteiger partial charge in [-0.05, 0) is 18.6 Å². The van der Waals surface area contributed by atoms with E-state index in [1.165, 1.54) is 23.8 Å². The molecule has 0 spiro atoms. The van der Waals surface area contributed by atoms with Crippen LogP contribution >= 0.6 is 23.2 Å². The number of hydrogen-bond acceptors (Lipinski definition) is 6. The standard InChI is InChI=1S/C17H21Cl2N5O4/c1-3-4-7-24-14(20)12(15(25)22-17(24)27)23(8-9-28-2)16(26)10-5-6-11(18)21-13(10)19/h5-6H,3-4,7-9,20H2,1-2H3,(H,22,25,27). The number of halogens is 2. The Morgan fingerprint density at radius 3 is 2.68 bits per heavy atom. The van der Waals surface area contributed by atoms with E-state index in [-0.39, 0.29) is 40.5 Å². The van der Waals surface area contributed by atoms with Crippen molar-refractivity contribution in [3.8, 4) is 0 Å². The number of rotatable bonds is 8. The number of pyridine rings is 1. The molecule has 0 aliphatic rings. The zero-order chi connectivity index (χ0) is 20.8. The van der Waals surface area contributed by atoms with Gasteiger partial charge in [0.15, 0.2) is 5.69 Å². The third-order valence-electron chi connectivity index (χ3n) is 4.03. The zero-order valence-corrected chi connectivity index (χ0v) is 17.0. The van der Waals surface area contributed by atoms with Gasteiger partial charge in [0.05, 0.1) is 12.2 Å². The fourth-order valence-electron chi connectivity index (χ4n) is 2.59. The highest BCUT2D eigenvalue weighted by Gasteiger charge is 2.27. The quantitative estimate of drug-likeness (QED) is 0.617. The van der Waals surface area contributed by atoms with E-state index in [9.17, 15) is 14.4 Å². The number of nitrogens with zero attached hydrogens (tertiary/aromatic N) is 3. The van der Waals surface area contributed by atoms with Crippen molar-refractivity contribution in [1.29, 1.82) is 0 Å². The molecular weight excluding hydrogens is 409 g/mol. The lowest BCUT2D eigenvalue weighted by molar-refractivity contribution is 0.0975. The van der Waals surface area contributed by atoms with Crippen molar-refractivity contribution in [2.45, 2.75) is 26.3 Å². The first-order valence-corrected chi connectivity index (χ1v) is 9.32. The molecule has 0 fully saturated rings. The number of aromatic amines is 1. The number of H-pyrrole nitrogens is 1. The molecule has 9 nitrogen and oxygen atoms in total. The van der Waals surface area contributed by atoms with Crippen LogP contribution < -0.4 is 21.9 Å². The number of unbranched alkanes of at least 4 members (excludes halogenated alkanes) is 1. The van der Waals surface area contributed by atoms with Gasteiger partial charge in [-0.1, -0.05) is 36.5 Å². The second-order valence-electron chi connectivity index (χ2n) is 5.92. The van der Waals surface area contributed by atoms with E-state index in [0.717, 1.165) is 11.3 Å². The molecule has 0 unspecified atom stereocenters. The molecule has 2 rings (SSSR count). The van der Waals surface area contributed by atoms with Crippen LogP contribution in [0.5, 0.6) is 0 Å². The first-order chi connectivity index (χ1) is 13.3. The molecule has 28 heavy (non-hydrogen) atoms. The van der Waals surface area contributed by atoms with Crippen LogP contribution in [0, 0.1) is 0 Å². The number of amides is 1. The monoisotopic (exact) mass is 429 g/mol. The van der Waals surface area contributed by atoms with Crippen LogP contribution in [0.1, 0.15) is 30.1 Å². The van der Waals surface area contributed by atoms with Gasteiger partial charge in [0.1, 0.15) is 16.1 Å². The molecule has 0 bridgehead atoms. The Labute approximate surface area is 171 Å². The fourth-order valence-corrected chi connectivity index (χ4v) is 3.02. The molecule has 0 aliphatic carbocycles. The number of nitrogen functional groups attached to an aromatic ring is 1. The molecule has 0 saturated carbocycles. The Hall–Kier alpha value is -2.36. The van der Waals surface area contributed by atoms with Crippen LogP contribution in [0.2, 0.25) is 10.3 Å². The van der Waals surface area contributed by atoms with Gasteiger partial charge in [-0.3, -0.25) is 24.0 Å². The summed E-state index contributed by atoms with van der Waals surface area (Å²) in [4.78, 5) is 44.9. The number of aromatic nitrogens is 3. The predicted molar refractivity (Wildman–Crippen MR) is 108 cm³/mol. The van der Waals surface area contributed by atoms with E-state index in [2.05, 4.69) is 9.97 Å². The second kappa shape index (κ2) is 9.72. The van der Waals surface area contributed by atoms with E-state index < -0.39 is 17.2 Å². The van der Waals surface area contributed by atoms with E-state index in [1.54, 1.807) is 0 Å². The molecule has 0 saturated heterocycles. The number of anilines is 2. The number of methoxy groups -OCH3 is 1. The van der Waals surface area contributed by atoms with E-state index >= 15 is 0 Å². The fraction of sp³-hybridized carbons (Fsp3) is 0.412. The summed E-state index contributed by atoms with van der Waals surface area (Å²) < 4.78 is 6.27. The summed E-state index contributed by atoms with van der Waals surface area (Å²) in [6, 6.07) is 2.81. The van der Waals surface area contributed by atoms with E-state index in [1.807, 2.05) is 6.92 Å². The Bertz CT molecular complexity index is 973. The number of carbonyl (C=O) groups is 1. The van der Waals surface area contributed by atoms with Crippen molar-refractivity contribution in [3.63, 3.8) is 0 Å². The Balaban J connectivity index is 2.61. The van der Waals surface area contributed by atoms with Crippen molar-refractivity contribution in [3.05, 3.63) is 48.8 Å². The van der Waals surface area contributed by atoms with Crippen LogP contribution in [-0.2, 0) is 11.3 Å². The minimum Gasteiger partial charge on any atom is -0.383 e. The van der Waals surface area contributed by atoms with Crippen LogP contribution in [0.15, 0.2) is 21.7 Å². The zero-order valence-electron chi connectivity index (χ0n) is 15.5. The molecule has 152 valence electrons. The van der Waals surface area contributed by atoms with Crippen molar-refractivity contribution in [2.24, 2.45) is 0 Å². The predicted octanol–water partition coefficient (Wildman–Crippen LogP) is 1.91. The molecule has 11 heteroatoms. The van der Waals surface area contributed by atoms with E-state index in [4.69, 9.17) is 33.7 Å². The van der Waals surface area contributed by atoms with Crippen molar-refractivity contribution in [1.82, 2.24) is 14.5 Å². The molecule has 0 aromatic carbocycles. The molecular formula is C17H21Cl2N5O4. The summed E-state index contributed by atoms with van der Waals surface area (Å²) in [5.41, 5.74) is 4.59. The van der Waals surface area contributed by atoms with Gasteiger partial charge in [-0.2, -0.15) is 0 Å². The smallest absolute Gasteiger partial charge is 0.330 e. The van der Waals surface area contributed by atoms with Crippen molar-refractivity contribution in [2.75, 3.05) is 30.9 Å². The first kappa shape index (κ1) is 21.9. The van der Waals surface area contributed by atoms with Gasteiger partial charge in [0.2, 0.25) is 0 Å². The highest BCUT2D eigenvalue weighted by atomic mass is 35.5. The maximum absolute atomic E-state index is 13.1. The third-order valence-corrected chi connectivity index (χ3v) is 4.53. The Morgan fingerprint density at radius 1 is 1.36 bits per heavy atom. The van der Waals surface area contributed by atoms with Crippen LogP contribution in [0.25, 0.3) is 0 Å². The molecule has 0 radical (unpaired) electrons. The van der Waals surface area contributed by atoms with Gasteiger partial charge >= 0.3 is 5.69 Å². The van der Waals surface area contributed by atoms with Crippen LogP contribution in [-0.4, -0.2) is 40.7 Å². The molecule has 2 aromatic heterocycles. The third kappa shape index (κ3) is 4.73. The van der Waals surface area contributed by atoms with Gasteiger partial charge in [-0.25, -0.2) is 9.78 Å². The van der Waals surface area contributed by atoms with Crippen LogP contribution in [0.4, 0.5) is 11.5 Å². The SMILES string of the molecule is CCCCn1c(N)c(N(CCOC)C(=O)c2ccc(Cl)nc2Cl)c(=O)[nH]c1=O. The largest absolute Gasteiger partial charge is 0.383 e. The highest BCUT2D eigenvalue weighted by Crippen LogP contribution is 2.23. The number of ether oxygens (including phenoxy) is 1. The molecule has 3 N–H and O–H groups in total. The summed E-state index contributed by atoms with van der Waals surface area (Å²) in [5, 5.41) is 0.00434. The number of nitrogens with two attached hydrogens (primary N) is 1. The van der Waals surface area contributed by atoms with Crippen LogP contribution in [0.3, 0.4) is 0 Å². The minimum absolute atomic E-state index is 0.00749. The summed E-state index contributed by atoms with van der Waals surface area (Å²) in [6.07, 6.45) is 1.49. The molecule has 1 amide bonds. The van der Waals surface area contributed by atoms with Gasteiger partial charge in [0.25, 0.3) is 11.5 Å². The maximum Gasteiger partial charge on any atom is 0.330 e. The summed E-state index contributed by atoms with van der Waals surface area (Å²) in [7, 11) is 1.45. The highest BCUT2D eigenvalue weighted by molar-refractivity contribution is 6.35. The number of hydrogen-bond donors (Lipinski definition) is 2. The van der Waals surface area contributed by atoms with Gasteiger partial charge < -0.3 is 10.5 Å². The Morgan fingerprint density at radius 2 is 2.07 bits per heavy atom. The first-order valence-electron chi connectivity index (χ1n) is 8.57. The summed E-state index contributed by atoms with van der Waals surface area (Å²) in [5.74, 6) is -0.728. The summed E-state index contributed by atoms with van der Waals surface area (Å²) in [6.45, 7) is 2.39. The van der Waals surface area contributed by atoms with Gasteiger partial charge in [0, 0.05) is 20.2 Å². The second-order valence-corrected chi connectivity index (χ2v) is 6.67. The van der Waals surface area contributed by atoms with Crippen molar-refractivity contribution < 1.29 is 9.53 Å². The number of carbonyl (C=O) groups excluding carboxylic acids is 1.